The van der Waals surface area contributed by atoms with Crippen LogP contribution in [0.1, 0.15) is 0 Å². The van der Waals surface area contributed by atoms with Crippen molar-refractivity contribution in [3.63, 3.8) is 0 Å². The van der Waals surface area contributed by atoms with Gasteiger partial charge in [0, 0.05) is 0 Å². The van der Waals surface area contributed by atoms with E-state index in [4.69, 9.17) is 14.6 Å². The van der Waals surface area contributed by atoms with Crippen molar-refractivity contribution in [1.29, 1.82) is 0 Å². The number of esters is 1. The molecule has 0 saturated carbocycles. The zero-order valence-corrected chi connectivity index (χ0v) is 12.2. The van der Waals surface area contributed by atoms with Gasteiger partial charge in [0.25, 0.3) is 5.78 Å². The second kappa shape index (κ2) is 8.02. The van der Waals surface area contributed by atoms with Crippen LogP contribution in [0, 0.1) is 0 Å². The van der Waals surface area contributed by atoms with Crippen molar-refractivity contribution >= 4 is 11.8 Å². The molecule has 0 bridgehead atoms. The van der Waals surface area contributed by atoms with Crippen molar-refractivity contribution < 1.29 is 39.1 Å². The number of rotatable bonds is 8. The molecule has 126 valence electrons. The summed E-state index contributed by atoms with van der Waals surface area (Å²) in [6.07, 6.45) is -5.14. The summed E-state index contributed by atoms with van der Waals surface area (Å²) in [5.74, 6) is -1.53. The fraction of sp³-hybridized carbons (Fsp3) is 0.467. The molecule has 1 heterocycles. The lowest BCUT2D eigenvalue weighted by molar-refractivity contribution is -0.152. The molecule has 1 fully saturated rings. The lowest BCUT2D eigenvalue weighted by Gasteiger charge is -2.21. The second-order valence-electron chi connectivity index (χ2n) is 5.02. The van der Waals surface area contributed by atoms with Gasteiger partial charge in [0.15, 0.2) is 12.2 Å². The number of ether oxygens (including phenoxy) is 3. The molecular weight excluding hydrogens is 308 g/mol. The highest BCUT2D eigenvalue weighted by Gasteiger charge is 2.48. The maximum atomic E-state index is 11.6. The molecule has 1 aromatic carbocycles. The standard InChI is InChI=1S/C15H18O8/c16-6-11(18)13-14(12(19)15(20)23-13)22-8-9(17)7-21-10-4-2-1-3-5-10/h1-5,9,11,13-14,16-18H,6-8H2/t9?,11-,13+,14?/m0/s1. The van der Waals surface area contributed by atoms with Crippen molar-refractivity contribution in [1.82, 2.24) is 0 Å². The quantitative estimate of drug-likeness (QED) is 0.396. The summed E-state index contributed by atoms with van der Waals surface area (Å²) >= 11 is 0. The Morgan fingerprint density at radius 2 is 1.83 bits per heavy atom. The minimum absolute atomic E-state index is 0.0764. The average Bonchev–Trinajstić information content (AvgIpc) is 2.86. The molecule has 0 aliphatic carbocycles. The van der Waals surface area contributed by atoms with Gasteiger partial charge in [0.05, 0.1) is 13.2 Å². The molecule has 8 nitrogen and oxygen atoms in total. The van der Waals surface area contributed by atoms with Crippen molar-refractivity contribution in [2.24, 2.45) is 0 Å². The van der Waals surface area contributed by atoms with Gasteiger partial charge in [0.1, 0.15) is 24.6 Å². The first-order valence-corrected chi connectivity index (χ1v) is 7.04. The molecule has 8 heteroatoms. The number of para-hydroxylation sites is 1. The first kappa shape index (κ1) is 17.4. The Labute approximate surface area is 132 Å². The van der Waals surface area contributed by atoms with Crippen LogP contribution in [0.4, 0.5) is 0 Å². The molecule has 1 aromatic rings. The zero-order valence-electron chi connectivity index (χ0n) is 12.2. The van der Waals surface area contributed by atoms with E-state index in [9.17, 15) is 19.8 Å². The summed E-state index contributed by atoms with van der Waals surface area (Å²) in [5, 5.41) is 28.2. The molecule has 0 aromatic heterocycles. The molecule has 0 amide bonds. The number of cyclic esters (lactones) is 1. The van der Waals surface area contributed by atoms with Crippen LogP contribution in [-0.2, 0) is 19.1 Å². The van der Waals surface area contributed by atoms with E-state index < -0.39 is 42.8 Å². The summed E-state index contributed by atoms with van der Waals surface area (Å²) in [4.78, 5) is 22.9. The van der Waals surface area contributed by atoms with E-state index >= 15 is 0 Å². The first-order chi connectivity index (χ1) is 11.0. The van der Waals surface area contributed by atoms with E-state index in [2.05, 4.69) is 4.74 Å². The van der Waals surface area contributed by atoms with Crippen LogP contribution in [-0.4, -0.2) is 71.3 Å². The highest BCUT2D eigenvalue weighted by atomic mass is 16.6. The Hall–Kier alpha value is -2.00. The number of aliphatic hydroxyl groups is 3. The van der Waals surface area contributed by atoms with Crippen LogP contribution in [0.2, 0.25) is 0 Å². The molecule has 1 aliphatic heterocycles. The molecule has 0 spiro atoms. The molecule has 1 saturated heterocycles. The maximum Gasteiger partial charge on any atom is 0.378 e. The van der Waals surface area contributed by atoms with Gasteiger partial charge in [-0.1, -0.05) is 18.2 Å². The highest BCUT2D eigenvalue weighted by molar-refractivity contribution is 6.37. The van der Waals surface area contributed by atoms with Crippen LogP contribution in [0.25, 0.3) is 0 Å². The molecular formula is C15H18O8. The number of carbonyl (C=O) groups excluding carboxylic acids is 2. The summed E-state index contributed by atoms with van der Waals surface area (Å²) in [6.45, 7) is -1.06. The van der Waals surface area contributed by atoms with Gasteiger partial charge in [-0.25, -0.2) is 4.79 Å². The number of carbonyl (C=O) groups is 2. The van der Waals surface area contributed by atoms with Gasteiger partial charge in [-0.15, -0.1) is 0 Å². The number of hydrogen-bond donors (Lipinski definition) is 3. The van der Waals surface area contributed by atoms with Crippen LogP contribution < -0.4 is 4.74 Å². The lowest BCUT2D eigenvalue weighted by Crippen LogP contribution is -2.42. The molecule has 1 aliphatic rings. The van der Waals surface area contributed by atoms with Gasteiger partial charge in [-0.05, 0) is 12.1 Å². The summed E-state index contributed by atoms with van der Waals surface area (Å²) in [5.41, 5.74) is 0. The third-order valence-corrected chi connectivity index (χ3v) is 3.22. The number of hydrogen-bond acceptors (Lipinski definition) is 8. The van der Waals surface area contributed by atoms with E-state index in [0.717, 1.165) is 0 Å². The maximum absolute atomic E-state index is 11.6. The minimum Gasteiger partial charge on any atom is -0.491 e. The van der Waals surface area contributed by atoms with Crippen molar-refractivity contribution in [3.8, 4) is 5.75 Å². The van der Waals surface area contributed by atoms with E-state index in [1.54, 1.807) is 24.3 Å². The fourth-order valence-electron chi connectivity index (χ4n) is 2.04. The van der Waals surface area contributed by atoms with E-state index in [1.807, 2.05) is 6.07 Å². The Balaban J connectivity index is 1.83. The Bertz CT molecular complexity index is 532. The second-order valence-corrected chi connectivity index (χ2v) is 5.02. The molecule has 0 radical (unpaired) electrons. The number of ketones is 1. The predicted octanol–water partition coefficient (Wildman–Crippen LogP) is -1.34. The lowest BCUT2D eigenvalue weighted by atomic mass is 10.1. The van der Waals surface area contributed by atoms with Gasteiger partial charge in [-0.2, -0.15) is 0 Å². The van der Waals surface area contributed by atoms with Crippen molar-refractivity contribution in [3.05, 3.63) is 30.3 Å². The molecule has 3 N–H and O–H groups in total. The van der Waals surface area contributed by atoms with Gasteiger partial charge in [0.2, 0.25) is 0 Å². The summed E-state index contributed by atoms with van der Waals surface area (Å²) in [7, 11) is 0. The minimum atomic E-state index is -1.44. The van der Waals surface area contributed by atoms with E-state index in [1.165, 1.54) is 0 Å². The number of benzene rings is 1. The first-order valence-electron chi connectivity index (χ1n) is 7.04. The topological polar surface area (TPSA) is 123 Å². The highest BCUT2D eigenvalue weighted by Crippen LogP contribution is 2.19. The molecule has 23 heavy (non-hydrogen) atoms. The fourth-order valence-corrected chi connectivity index (χ4v) is 2.04. The van der Waals surface area contributed by atoms with Gasteiger partial charge < -0.3 is 29.5 Å². The van der Waals surface area contributed by atoms with Crippen molar-refractivity contribution in [2.45, 2.75) is 24.4 Å². The predicted molar refractivity (Wildman–Crippen MR) is 75.7 cm³/mol. The van der Waals surface area contributed by atoms with Gasteiger partial charge >= 0.3 is 5.97 Å². The smallest absolute Gasteiger partial charge is 0.378 e. The monoisotopic (exact) mass is 326 g/mol. The van der Waals surface area contributed by atoms with Crippen LogP contribution in [0.3, 0.4) is 0 Å². The zero-order chi connectivity index (χ0) is 16.8. The third-order valence-electron chi connectivity index (χ3n) is 3.22. The summed E-state index contributed by atoms with van der Waals surface area (Å²) in [6, 6.07) is 8.81. The van der Waals surface area contributed by atoms with E-state index in [0.29, 0.717) is 5.75 Å². The van der Waals surface area contributed by atoms with Crippen LogP contribution >= 0.6 is 0 Å². The van der Waals surface area contributed by atoms with Crippen molar-refractivity contribution in [2.75, 3.05) is 19.8 Å². The van der Waals surface area contributed by atoms with Gasteiger partial charge in [-0.3, -0.25) is 4.79 Å². The Morgan fingerprint density at radius 3 is 2.48 bits per heavy atom. The SMILES string of the molecule is O=C1O[C@H]([C@@H](O)CO)C(OCC(O)COc2ccccc2)C1=O. The average molecular weight is 326 g/mol. The molecule has 2 unspecified atom stereocenters. The molecule has 2 rings (SSSR count). The normalized spacial score (nSPS) is 23.4. The Morgan fingerprint density at radius 1 is 1.13 bits per heavy atom. The van der Waals surface area contributed by atoms with Crippen LogP contribution in [0.15, 0.2) is 30.3 Å². The largest absolute Gasteiger partial charge is 0.491 e. The van der Waals surface area contributed by atoms with E-state index in [-0.39, 0.29) is 13.2 Å². The number of Topliss-reactive ketones (excluding diaryl/α,β-unsaturated/α-hetero) is 1. The third kappa shape index (κ3) is 4.49. The number of aliphatic hydroxyl groups excluding tert-OH is 3. The molecule has 4 atom stereocenters. The van der Waals surface area contributed by atoms with Crippen LogP contribution in [0.5, 0.6) is 5.75 Å². The summed E-state index contributed by atoms with van der Waals surface area (Å²) < 4.78 is 15.2. The Kier molecular flexibility index (Phi) is 6.05.